The Morgan fingerprint density at radius 1 is 0.953 bits per heavy atom. The van der Waals surface area contributed by atoms with Crippen LogP contribution in [0.2, 0.25) is 0 Å². The number of carbonyl (C=O) groups is 1. The fourth-order valence-electron chi connectivity index (χ4n) is 5.19. The van der Waals surface area contributed by atoms with Crippen molar-refractivity contribution in [1.82, 2.24) is 28.5 Å². The highest BCUT2D eigenvalue weighted by molar-refractivity contribution is 5.77. The van der Waals surface area contributed by atoms with E-state index in [1.165, 1.54) is 26.1 Å². The Bertz CT molecular complexity index is 1930. The summed E-state index contributed by atoms with van der Waals surface area (Å²) in [4.78, 5) is 43.3. The average molecular weight is 595 g/mol. The maximum Gasteiger partial charge on any atom is 0.416 e. The summed E-state index contributed by atoms with van der Waals surface area (Å²) in [6.45, 7) is 4.22. The quantitative estimate of drug-likeness (QED) is 0.256. The lowest BCUT2D eigenvalue weighted by atomic mass is 10.0. The number of fused-ring (bicyclic) bond motifs is 1. The van der Waals surface area contributed by atoms with Gasteiger partial charge in [0, 0.05) is 19.3 Å². The molecule has 3 aromatic heterocycles. The van der Waals surface area contributed by atoms with Crippen LogP contribution < -0.4 is 11.2 Å². The maximum absolute atomic E-state index is 13.8. The van der Waals surface area contributed by atoms with Crippen molar-refractivity contribution in [2.75, 3.05) is 0 Å². The smallest absolute Gasteiger partial charge is 0.416 e. The highest BCUT2D eigenvalue weighted by atomic mass is 19.4. The first-order valence-corrected chi connectivity index (χ1v) is 13.7. The summed E-state index contributed by atoms with van der Waals surface area (Å²) in [6.07, 6.45) is -1.05. The SMILES string of the molecule is CCCn1c(=O)c2c(nc(-c3cnn(Cc4cccc(C(F)(F)F)c4)c3)n2Cc2ccccc2CC(=O)O)n(CC)c1=O. The minimum absolute atomic E-state index is 0.0502. The van der Waals surface area contributed by atoms with Crippen molar-refractivity contribution < 1.29 is 23.1 Å². The van der Waals surface area contributed by atoms with Crippen molar-refractivity contribution >= 4 is 17.1 Å². The van der Waals surface area contributed by atoms with Crippen LogP contribution in [0.15, 0.2) is 70.5 Å². The number of aryl methyl sites for hydroxylation is 1. The van der Waals surface area contributed by atoms with Crippen LogP contribution in [0.5, 0.6) is 0 Å². The van der Waals surface area contributed by atoms with Crippen LogP contribution in [0.4, 0.5) is 13.2 Å². The number of aromatic nitrogens is 6. The maximum atomic E-state index is 13.8. The number of rotatable bonds is 10. The van der Waals surface area contributed by atoms with Crippen LogP contribution in [-0.2, 0) is 43.6 Å². The van der Waals surface area contributed by atoms with Crippen LogP contribution in [0.25, 0.3) is 22.6 Å². The molecule has 0 saturated heterocycles. The van der Waals surface area contributed by atoms with Crippen LogP contribution in [-0.4, -0.2) is 39.5 Å². The van der Waals surface area contributed by atoms with Gasteiger partial charge < -0.3 is 9.67 Å². The fourth-order valence-corrected chi connectivity index (χ4v) is 5.19. The number of hydrogen-bond acceptors (Lipinski definition) is 5. The van der Waals surface area contributed by atoms with E-state index in [1.54, 1.807) is 48.0 Å². The van der Waals surface area contributed by atoms with E-state index >= 15 is 0 Å². The van der Waals surface area contributed by atoms with Crippen molar-refractivity contribution in [2.24, 2.45) is 0 Å². The average Bonchev–Trinajstić information content (AvgIpc) is 3.56. The molecular weight excluding hydrogens is 565 g/mol. The summed E-state index contributed by atoms with van der Waals surface area (Å²) in [5.74, 6) is -0.701. The molecule has 224 valence electrons. The fraction of sp³-hybridized carbons (Fsp3) is 0.300. The Kier molecular flexibility index (Phi) is 8.07. The molecule has 2 aromatic carbocycles. The van der Waals surface area contributed by atoms with E-state index < -0.39 is 29.0 Å². The second-order valence-electron chi connectivity index (χ2n) is 10.1. The van der Waals surface area contributed by atoms with Gasteiger partial charge in [0.25, 0.3) is 5.56 Å². The number of alkyl halides is 3. The molecule has 13 heteroatoms. The third kappa shape index (κ3) is 5.87. The number of imidazole rings is 1. The van der Waals surface area contributed by atoms with Gasteiger partial charge in [-0.2, -0.15) is 18.3 Å². The Balaban J connectivity index is 1.68. The standard InChI is InChI=1S/C30H29F3N6O4/c1-3-12-38-28(42)25-27(37(4-2)29(38)43)35-26(39(25)18-21-10-6-5-9-20(21)14-24(40)41)22-15-34-36(17-22)16-19-8-7-11-23(13-19)30(31,32)33/h5-11,13,15,17H,3-4,12,14,16,18H2,1-2H3,(H,40,41). The topological polar surface area (TPSA) is 117 Å². The Labute approximate surface area is 243 Å². The molecule has 0 aliphatic heterocycles. The minimum Gasteiger partial charge on any atom is -0.481 e. The van der Waals surface area contributed by atoms with E-state index in [4.69, 9.17) is 4.98 Å². The molecule has 0 amide bonds. The van der Waals surface area contributed by atoms with Crippen molar-refractivity contribution in [3.05, 3.63) is 104 Å². The zero-order chi connectivity index (χ0) is 30.9. The molecule has 3 heterocycles. The first kappa shape index (κ1) is 29.5. The third-order valence-electron chi connectivity index (χ3n) is 7.16. The second-order valence-corrected chi connectivity index (χ2v) is 10.1. The molecular formula is C30H29F3N6O4. The van der Waals surface area contributed by atoms with Gasteiger partial charge in [0.15, 0.2) is 11.2 Å². The lowest BCUT2D eigenvalue weighted by Crippen LogP contribution is -2.40. The number of carboxylic acid groups (broad SMARTS) is 1. The van der Waals surface area contributed by atoms with Gasteiger partial charge in [-0.15, -0.1) is 0 Å². The molecule has 0 atom stereocenters. The molecule has 5 rings (SSSR count). The molecule has 0 unspecified atom stereocenters. The highest BCUT2D eigenvalue weighted by Gasteiger charge is 2.30. The molecule has 0 aliphatic rings. The van der Waals surface area contributed by atoms with E-state index in [9.17, 15) is 32.7 Å². The molecule has 10 nitrogen and oxygen atoms in total. The predicted molar refractivity (Wildman–Crippen MR) is 153 cm³/mol. The zero-order valence-electron chi connectivity index (χ0n) is 23.5. The molecule has 0 saturated carbocycles. The van der Waals surface area contributed by atoms with Crippen molar-refractivity contribution in [1.29, 1.82) is 0 Å². The molecule has 0 bridgehead atoms. The van der Waals surface area contributed by atoms with Crippen molar-refractivity contribution in [2.45, 2.75) is 59.0 Å². The van der Waals surface area contributed by atoms with Gasteiger partial charge in [-0.05, 0) is 42.2 Å². The number of hydrogen-bond donors (Lipinski definition) is 1. The molecule has 0 spiro atoms. The summed E-state index contributed by atoms with van der Waals surface area (Å²) >= 11 is 0. The number of benzene rings is 2. The largest absolute Gasteiger partial charge is 0.481 e. The highest BCUT2D eigenvalue weighted by Crippen LogP contribution is 2.30. The van der Waals surface area contributed by atoms with Gasteiger partial charge >= 0.3 is 17.8 Å². The van der Waals surface area contributed by atoms with Gasteiger partial charge in [-0.1, -0.05) is 43.3 Å². The molecule has 0 radical (unpaired) electrons. The van der Waals surface area contributed by atoms with Crippen molar-refractivity contribution in [3.63, 3.8) is 0 Å². The monoisotopic (exact) mass is 594 g/mol. The Morgan fingerprint density at radius 2 is 1.70 bits per heavy atom. The van der Waals surface area contributed by atoms with Gasteiger partial charge in [0.05, 0.1) is 36.8 Å². The van der Waals surface area contributed by atoms with E-state index in [0.29, 0.717) is 34.5 Å². The van der Waals surface area contributed by atoms with Crippen LogP contribution in [0.3, 0.4) is 0 Å². The zero-order valence-corrected chi connectivity index (χ0v) is 23.5. The number of halogens is 3. The first-order chi connectivity index (χ1) is 20.5. The molecule has 1 N–H and O–H groups in total. The van der Waals surface area contributed by atoms with Crippen molar-refractivity contribution in [3.8, 4) is 11.4 Å². The summed E-state index contributed by atoms with van der Waals surface area (Å²) in [5.41, 5.74) is 0.667. The molecule has 0 fully saturated rings. The summed E-state index contributed by atoms with van der Waals surface area (Å²) in [5, 5.41) is 13.8. The van der Waals surface area contributed by atoms with Crippen LogP contribution >= 0.6 is 0 Å². The van der Waals surface area contributed by atoms with Crippen LogP contribution in [0, 0.1) is 0 Å². The van der Waals surface area contributed by atoms with E-state index in [0.717, 1.165) is 12.1 Å². The summed E-state index contributed by atoms with van der Waals surface area (Å²) in [6, 6.07) is 11.9. The first-order valence-electron chi connectivity index (χ1n) is 13.7. The number of aliphatic carboxylic acids is 1. The summed E-state index contributed by atoms with van der Waals surface area (Å²) in [7, 11) is 0. The van der Waals surface area contributed by atoms with Crippen LogP contribution in [0.1, 0.15) is 42.5 Å². The van der Waals surface area contributed by atoms with Gasteiger partial charge in [-0.3, -0.25) is 23.4 Å². The lowest BCUT2D eigenvalue weighted by Gasteiger charge is -2.13. The molecule has 5 aromatic rings. The predicted octanol–water partition coefficient (Wildman–Crippen LogP) is 4.40. The van der Waals surface area contributed by atoms with Gasteiger partial charge in [-0.25, -0.2) is 9.78 Å². The Morgan fingerprint density at radius 3 is 2.37 bits per heavy atom. The third-order valence-corrected chi connectivity index (χ3v) is 7.16. The molecule has 43 heavy (non-hydrogen) atoms. The molecule has 0 aliphatic carbocycles. The normalized spacial score (nSPS) is 11.8. The van der Waals surface area contributed by atoms with E-state index in [1.807, 2.05) is 6.92 Å². The van der Waals surface area contributed by atoms with E-state index in [-0.39, 0.29) is 43.8 Å². The number of nitrogens with zero attached hydrogens (tertiary/aromatic N) is 6. The Hall–Kier alpha value is -4.94. The van der Waals surface area contributed by atoms with E-state index in [2.05, 4.69) is 5.10 Å². The van der Waals surface area contributed by atoms with Gasteiger partial charge in [0.2, 0.25) is 0 Å². The second kappa shape index (κ2) is 11.7. The minimum atomic E-state index is -4.48. The number of carboxylic acids is 1. The lowest BCUT2D eigenvalue weighted by molar-refractivity contribution is -0.138. The van der Waals surface area contributed by atoms with Gasteiger partial charge in [0.1, 0.15) is 5.82 Å². The summed E-state index contributed by atoms with van der Waals surface area (Å²) < 4.78 is 45.4.